The summed E-state index contributed by atoms with van der Waals surface area (Å²) in [6, 6.07) is 26.8. The molecule has 162 valence electrons. The van der Waals surface area contributed by atoms with Crippen LogP contribution in [0.2, 0.25) is 0 Å². The Morgan fingerprint density at radius 1 is 0.970 bits per heavy atom. The molecule has 33 heavy (non-hydrogen) atoms. The number of fused-ring (bicyclic) bond motifs is 1. The highest BCUT2D eigenvalue weighted by Crippen LogP contribution is 2.31. The molecular weight excluding hydrogens is 414 g/mol. The maximum Gasteiger partial charge on any atom is 0.333 e. The molecule has 1 heterocycles. The summed E-state index contributed by atoms with van der Waals surface area (Å²) in [7, 11) is 1.28. The van der Waals surface area contributed by atoms with E-state index in [1.54, 1.807) is 30.3 Å². The van der Waals surface area contributed by atoms with Crippen molar-refractivity contribution in [3.63, 3.8) is 0 Å². The summed E-state index contributed by atoms with van der Waals surface area (Å²) >= 11 is 0. The first-order chi connectivity index (χ1) is 16.1. The number of carbonyl (C=O) groups excluding carboxylic acids is 2. The molecule has 1 N–H and O–H groups in total. The van der Waals surface area contributed by atoms with Gasteiger partial charge < -0.3 is 10.1 Å². The molecule has 6 heteroatoms. The lowest BCUT2D eigenvalue weighted by atomic mass is 9.94. The van der Waals surface area contributed by atoms with Crippen molar-refractivity contribution >= 4 is 22.8 Å². The van der Waals surface area contributed by atoms with Crippen molar-refractivity contribution in [2.45, 2.75) is 12.5 Å². The molecule has 0 aliphatic carbocycles. The molecule has 1 aromatic heterocycles. The molecule has 4 aromatic rings. The van der Waals surface area contributed by atoms with Crippen molar-refractivity contribution in [2.75, 3.05) is 7.11 Å². The summed E-state index contributed by atoms with van der Waals surface area (Å²) in [5.41, 5.74) is 3.42. The zero-order valence-electron chi connectivity index (χ0n) is 18.0. The largest absolute Gasteiger partial charge is 0.467 e. The summed E-state index contributed by atoms with van der Waals surface area (Å²) < 4.78 is 4.94. The third kappa shape index (κ3) is 4.43. The van der Waals surface area contributed by atoms with Crippen LogP contribution in [0, 0.1) is 11.3 Å². The fourth-order valence-electron chi connectivity index (χ4n) is 3.84. The minimum Gasteiger partial charge on any atom is -0.467 e. The highest BCUT2D eigenvalue weighted by atomic mass is 16.5. The molecule has 0 spiro atoms. The van der Waals surface area contributed by atoms with Crippen molar-refractivity contribution in [1.82, 2.24) is 10.3 Å². The van der Waals surface area contributed by atoms with E-state index in [9.17, 15) is 14.9 Å². The number of hydrogen-bond acceptors (Lipinski definition) is 5. The van der Waals surface area contributed by atoms with Crippen LogP contribution < -0.4 is 5.32 Å². The molecular formula is C27H21N3O3. The molecule has 0 aliphatic rings. The number of nitrogens with zero attached hydrogens (tertiary/aromatic N) is 2. The van der Waals surface area contributed by atoms with Crippen molar-refractivity contribution in [1.29, 1.82) is 5.26 Å². The zero-order chi connectivity index (χ0) is 23.2. The van der Waals surface area contributed by atoms with Crippen LogP contribution in [-0.4, -0.2) is 24.0 Å². The van der Waals surface area contributed by atoms with Gasteiger partial charge >= 0.3 is 5.97 Å². The first-order valence-corrected chi connectivity index (χ1v) is 10.4. The number of carbonyl (C=O) groups is 2. The average molecular weight is 435 g/mol. The molecule has 4 rings (SSSR count). The third-order valence-electron chi connectivity index (χ3n) is 5.37. The average Bonchev–Trinajstić information content (AvgIpc) is 2.87. The third-order valence-corrected chi connectivity index (χ3v) is 5.37. The summed E-state index contributed by atoms with van der Waals surface area (Å²) in [6.45, 7) is 0. The van der Waals surface area contributed by atoms with Gasteiger partial charge in [-0.05, 0) is 11.6 Å². The fraction of sp³-hybridized carbons (Fsp3) is 0.111. The SMILES string of the molecule is COC(=O)C(NC(=O)c1c(CC#N)c(-c2ccccc2)nc2ccccc12)c1ccccc1. The molecule has 0 fully saturated rings. The topological polar surface area (TPSA) is 92.1 Å². The van der Waals surface area contributed by atoms with E-state index < -0.39 is 17.9 Å². The molecule has 3 aromatic carbocycles. The molecule has 1 amide bonds. The number of benzene rings is 3. The summed E-state index contributed by atoms with van der Waals surface area (Å²) in [4.78, 5) is 31.0. The van der Waals surface area contributed by atoms with E-state index in [-0.39, 0.29) is 6.42 Å². The molecule has 0 saturated carbocycles. The molecule has 0 bridgehead atoms. The lowest BCUT2D eigenvalue weighted by Crippen LogP contribution is -2.35. The van der Waals surface area contributed by atoms with Crippen LogP contribution in [0.5, 0.6) is 0 Å². The minimum atomic E-state index is -0.995. The maximum atomic E-state index is 13.7. The number of nitriles is 1. The van der Waals surface area contributed by atoms with Gasteiger partial charge in [0.15, 0.2) is 6.04 Å². The second-order valence-electron chi connectivity index (χ2n) is 7.37. The van der Waals surface area contributed by atoms with Crippen molar-refractivity contribution < 1.29 is 14.3 Å². The summed E-state index contributed by atoms with van der Waals surface area (Å²) in [5, 5.41) is 13.0. The predicted molar refractivity (Wildman–Crippen MR) is 125 cm³/mol. The molecule has 6 nitrogen and oxygen atoms in total. The highest BCUT2D eigenvalue weighted by Gasteiger charge is 2.27. The van der Waals surface area contributed by atoms with Crippen molar-refractivity contribution in [3.05, 3.63) is 102 Å². The van der Waals surface area contributed by atoms with E-state index in [2.05, 4.69) is 11.4 Å². The Hall–Kier alpha value is -4.50. The van der Waals surface area contributed by atoms with Crippen LogP contribution >= 0.6 is 0 Å². The second-order valence-corrected chi connectivity index (χ2v) is 7.37. The molecule has 1 atom stereocenters. The lowest BCUT2D eigenvalue weighted by molar-refractivity contribution is -0.143. The van der Waals surface area contributed by atoms with E-state index in [1.807, 2.05) is 54.6 Å². The second kappa shape index (κ2) is 9.75. The Balaban J connectivity index is 1.90. The number of amides is 1. The van der Waals surface area contributed by atoms with E-state index >= 15 is 0 Å². The minimum absolute atomic E-state index is 0.0148. The summed E-state index contributed by atoms with van der Waals surface area (Å²) in [5.74, 6) is -1.06. The van der Waals surface area contributed by atoms with Crippen LogP contribution in [0.4, 0.5) is 0 Å². The lowest BCUT2D eigenvalue weighted by Gasteiger charge is -2.20. The number of methoxy groups -OCH3 is 1. The molecule has 0 saturated heterocycles. The normalized spacial score (nSPS) is 11.4. The van der Waals surface area contributed by atoms with Crippen LogP contribution in [0.3, 0.4) is 0 Å². The van der Waals surface area contributed by atoms with E-state index in [0.29, 0.717) is 33.3 Å². The van der Waals surface area contributed by atoms with Gasteiger partial charge in [-0.1, -0.05) is 78.9 Å². The predicted octanol–water partition coefficient (Wildman–Crippen LogP) is 4.61. The number of hydrogen-bond donors (Lipinski definition) is 1. The van der Waals surface area contributed by atoms with E-state index in [0.717, 1.165) is 5.56 Å². The van der Waals surface area contributed by atoms with E-state index in [4.69, 9.17) is 9.72 Å². The zero-order valence-corrected chi connectivity index (χ0v) is 18.0. The Morgan fingerprint density at radius 2 is 1.61 bits per heavy atom. The van der Waals surface area contributed by atoms with Gasteiger partial charge in [-0.15, -0.1) is 0 Å². The Labute approximate surface area is 191 Å². The van der Waals surface area contributed by atoms with Gasteiger partial charge in [0.1, 0.15) is 0 Å². The number of esters is 1. The van der Waals surface area contributed by atoms with Crippen molar-refractivity contribution in [2.24, 2.45) is 0 Å². The Bertz CT molecular complexity index is 1350. The van der Waals surface area contributed by atoms with E-state index in [1.165, 1.54) is 7.11 Å². The van der Waals surface area contributed by atoms with Gasteiger partial charge in [0.2, 0.25) is 0 Å². The van der Waals surface area contributed by atoms with Crippen LogP contribution in [-0.2, 0) is 16.0 Å². The summed E-state index contributed by atoms with van der Waals surface area (Å²) in [6.07, 6.45) is -0.0148. The van der Waals surface area contributed by atoms with Gasteiger partial charge in [0.05, 0.1) is 36.4 Å². The highest BCUT2D eigenvalue weighted by molar-refractivity contribution is 6.10. The molecule has 0 radical (unpaired) electrons. The number of ether oxygens (including phenoxy) is 1. The maximum absolute atomic E-state index is 13.7. The van der Waals surface area contributed by atoms with Gasteiger partial charge in [-0.25, -0.2) is 9.78 Å². The number of nitrogens with one attached hydrogen (secondary N) is 1. The monoisotopic (exact) mass is 435 g/mol. The van der Waals surface area contributed by atoms with Gasteiger partial charge in [-0.2, -0.15) is 5.26 Å². The number of aromatic nitrogens is 1. The van der Waals surface area contributed by atoms with Gasteiger partial charge in [0, 0.05) is 16.5 Å². The quantitative estimate of drug-likeness (QED) is 0.447. The number of rotatable bonds is 6. The molecule has 0 aliphatic heterocycles. The Morgan fingerprint density at radius 3 is 2.27 bits per heavy atom. The number of pyridine rings is 1. The van der Waals surface area contributed by atoms with Gasteiger partial charge in [-0.3, -0.25) is 4.79 Å². The van der Waals surface area contributed by atoms with Crippen LogP contribution in [0.25, 0.3) is 22.2 Å². The van der Waals surface area contributed by atoms with Crippen LogP contribution in [0.1, 0.15) is 27.5 Å². The smallest absolute Gasteiger partial charge is 0.333 e. The van der Waals surface area contributed by atoms with Crippen molar-refractivity contribution in [3.8, 4) is 17.3 Å². The van der Waals surface area contributed by atoms with Gasteiger partial charge in [0.25, 0.3) is 5.91 Å². The number of para-hydroxylation sites is 1. The molecule has 1 unspecified atom stereocenters. The first kappa shape index (κ1) is 21.7. The van der Waals surface area contributed by atoms with Crippen LogP contribution in [0.15, 0.2) is 84.9 Å². The fourth-order valence-corrected chi connectivity index (χ4v) is 3.84. The first-order valence-electron chi connectivity index (χ1n) is 10.4. The standard InChI is InChI=1S/C27H21N3O3/c1-33-27(32)25(19-12-6-3-7-13-19)30-26(31)23-20-14-8-9-15-22(20)29-24(21(23)16-17-28)18-10-4-2-5-11-18/h2-15,25H,16H2,1H3,(H,30,31). The Kier molecular flexibility index (Phi) is 6.42.